The Bertz CT molecular complexity index is 447. The van der Waals surface area contributed by atoms with Crippen LogP contribution < -0.4 is 10.6 Å². The summed E-state index contributed by atoms with van der Waals surface area (Å²) in [5.41, 5.74) is 1.65. The molecule has 1 rings (SSSR count). The molecule has 0 saturated carbocycles. The minimum Gasteiger partial charge on any atom is -0.462 e. The van der Waals surface area contributed by atoms with Crippen molar-refractivity contribution in [3.63, 3.8) is 0 Å². The van der Waals surface area contributed by atoms with E-state index in [0.29, 0.717) is 18.7 Å². The zero-order valence-corrected chi connectivity index (χ0v) is 15.1. The predicted molar refractivity (Wildman–Crippen MR) is 96.3 cm³/mol. The van der Waals surface area contributed by atoms with Crippen LogP contribution in [-0.4, -0.2) is 32.1 Å². The van der Waals surface area contributed by atoms with Crippen molar-refractivity contribution < 1.29 is 9.53 Å². The Morgan fingerprint density at radius 1 is 1.19 bits per heavy atom. The molecule has 0 heterocycles. The number of carbonyl (C=O) groups excluding carboxylic acids is 1. The Hall–Kier alpha value is -1.31. The monoisotopic (exact) mass is 405 g/mol. The molecular formula is C15H24IN3O2. The zero-order chi connectivity index (χ0) is 14.8. The van der Waals surface area contributed by atoms with Crippen LogP contribution in [0.2, 0.25) is 0 Å². The van der Waals surface area contributed by atoms with Gasteiger partial charge in [0.05, 0.1) is 12.2 Å². The van der Waals surface area contributed by atoms with Crippen molar-refractivity contribution in [3.8, 4) is 0 Å². The summed E-state index contributed by atoms with van der Waals surface area (Å²) in [4.78, 5) is 15.7. The number of rotatable bonds is 6. The maximum atomic E-state index is 11.5. The topological polar surface area (TPSA) is 62.7 Å². The van der Waals surface area contributed by atoms with Crippen molar-refractivity contribution in [3.05, 3.63) is 35.4 Å². The third kappa shape index (κ3) is 7.31. The van der Waals surface area contributed by atoms with E-state index < -0.39 is 0 Å². The summed E-state index contributed by atoms with van der Waals surface area (Å²) in [5.74, 6) is 0.494. The molecule has 0 bridgehead atoms. The molecule has 0 aromatic heterocycles. The number of ether oxygens (including phenoxy) is 1. The van der Waals surface area contributed by atoms with Crippen LogP contribution in [0.4, 0.5) is 0 Å². The molecule has 0 amide bonds. The number of guanidine groups is 1. The van der Waals surface area contributed by atoms with Gasteiger partial charge >= 0.3 is 5.97 Å². The lowest BCUT2D eigenvalue weighted by molar-refractivity contribution is 0.0526. The minimum absolute atomic E-state index is 0. The van der Waals surface area contributed by atoms with Gasteiger partial charge in [-0.15, -0.1) is 24.0 Å². The van der Waals surface area contributed by atoms with Crippen LogP contribution >= 0.6 is 24.0 Å². The van der Waals surface area contributed by atoms with Crippen LogP contribution in [0.3, 0.4) is 0 Å². The van der Waals surface area contributed by atoms with Gasteiger partial charge in [0.15, 0.2) is 5.96 Å². The Morgan fingerprint density at radius 3 is 2.38 bits per heavy atom. The standard InChI is InChI=1S/C15H23N3O2.HI/c1-4-10-17-15(16-3)18-11-12-6-8-13(9-7-12)14(19)20-5-2;/h6-9H,4-5,10-11H2,1-3H3,(H2,16,17,18);1H. The molecule has 0 atom stereocenters. The van der Waals surface area contributed by atoms with Crippen LogP contribution in [0.15, 0.2) is 29.3 Å². The van der Waals surface area contributed by atoms with E-state index in [0.717, 1.165) is 24.5 Å². The highest BCUT2D eigenvalue weighted by Gasteiger charge is 2.05. The molecule has 0 saturated heterocycles. The molecule has 6 heteroatoms. The molecule has 0 aliphatic rings. The number of hydrogen-bond acceptors (Lipinski definition) is 3. The number of carbonyl (C=O) groups is 1. The van der Waals surface area contributed by atoms with Gasteiger partial charge < -0.3 is 15.4 Å². The van der Waals surface area contributed by atoms with Gasteiger partial charge in [0, 0.05) is 20.1 Å². The number of benzene rings is 1. The van der Waals surface area contributed by atoms with Gasteiger partial charge in [-0.3, -0.25) is 4.99 Å². The first kappa shape index (κ1) is 19.7. The van der Waals surface area contributed by atoms with Gasteiger partial charge in [-0.2, -0.15) is 0 Å². The lowest BCUT2D eigenvalue weighted by Crippen LogP contribution is -2.37. The molecule has 21 heavy (non-hydrogen) atoms. The summed E-state index contributed by atoms with van der Waals surface area (Å²) in [6.07, 6.45) is 1.05. The van der Waals surface area contributed by atoms with E-state index in [4.69, 9.17) is 4.74 Å². The van der Waals surface area contributed by atoms with E-state index in [2.05, 4.69) is 22.5 Å². The first-order valence-electron chi connectivity index (χ1n) is 6.91. The van der Waals surface area contributed by atoms with Crippen molar-refractivity contribution in [1.82, 2.24) is 10.6 Å². The maximum absolute atomic E-state index is 11.5. The second-order valence-electron chi connectivity index (χ2n) is 4.27. The van der Waals surface area contributed by atoms with E-state index >= 15 is 0 Å². The van der Waals surface area contributed by atoms with Crippen LogP contribution in [0, 0.1) is 0 Å². The van der Waals surface area contributed by atoms with E-state index in [-0.39, 0.29) is 29.9 Å². The van der Waals surface area contributed by atoms with Crippen molar-refractivity contribution in [2.24, 2.45) is 4.99 Å². The summed E-state index contributed by atoms with van der Waals surface area (Å²) < 4.78 is 4.94. The van der Waals surface area contributed by atoms with Gasteiger partial charge in [-0.25, -0.2) is 4.79 Å². The maximum Gasteiger partial charge on any atom is 0.338 e. The summed E-state index contributed by atoms with van der Waals surface area (Å²) in [5, 5.41) is 6.42. The molecule has 118 valence electrons. The first-order valence-corrected chi connectivity index (χ1v) is 6.91. The van der Waals surface area contributed by atoms with Gasteiger partial charge in [-0.05, 0) is 31.0 Å². The fourth-order valence-electron chi connectivity index (χ4n) is 1.62. The molecule has 2 N–H and O–H groups in total. The smallest absolute Gasteiger partial charge is 0.338 e. The third-order valence-corrected chi connectivity index (χ3v) is 2.69. The first-order chi connectivity index (χ1) is 9.71. The average Bonchev–Trinajstić information content (AvgIpc) is 2.48. The van der Waals surface area contributed by atoms with E-state index in [1.165, 1.54) is 0 Å². The fraction of sp³-hybridized carbons (Fsp3) is 0.467. The molecule has 0 aliphatic heterocycles. The Balaban J connectivity index is 0.00000400. The molecule has 1 aromatic rings. The van der Waals surface area contributed by atoms with Crippen LogP contribution in [0.5, 0.6) is 0 Å². The lowest BCUT2D eigenvalue weighted by atomic mass is 10.1. The third-order valence-electron chi connectivity index (χ3n) is 2.69. The molecule has 1 aromatic carbocycles. The molecular weight excluding hydrogens is 381 g/mol. The number of esters is 1. The van der Waals surface area contributed by atoms with Gasteiger partial charge in [-0.1, -0.05) is 19.1 Å². The van der Waals surface area contributed by atoms with Crippen LogP contribution in [0.25, 0.3) is 0 Å². The van der Waals surface area contributed by atoms with E-state index in [9.17, 15) is 4.79 Å². The summed E-state index contributed by atoms with van der Waals surface area (Å²) in [6, 6.07) is 7.37. The molecule has 0 spiro atoms. The SMILES string of the molecule is CCCNC(=NC)NCc1ccc(C(=O)OCC)cc1.I. The number of hydrogen-bond donors (Lipinski definition) is 2. The largest absolute Gasteiger partial charge is 0.462 e. The molecule has 0 radical (unpaired) electrons. The van der Waals surface area contributed by atoms with Crippen LogP contribution in [-0.2, 0) is 11.3 Å². The second kappa shape index (κ2) is 11.4. The zero-order valence-electron chi connectivity index (χ0n) is 12.8. The quantitative estimate of drug-likeness (QED) is 0.331. The normalized spacial score (nSPS) is 10.5. The van der Waals surface area contributed by atoms with Crippen molar-refractivity contribution in [2.75, 3.05) is 20.2 Å². The number of nitrogens with zero attached hydrogens (tertiary/aromatic N) is 1. The summed E-state index contributed by atoms with van der Waals surface area (Å²) >= 11 is 0. The van der Waals surface area contributed by atoms with Crippen molar-refractivity contribution in [1.29, 1.82) is 0 Å². The predicted octanol–water partition coefficient (Wildman–Crippen LogP) is 2.56. The number of aliphatic imine (C=N–C) groups is 1. The Kier molecular flexibility index (Phi) is 10.7. The number of halogens is 1. The van der Waals surface area contributed by atoms with E-state index in [1.807, 2.05) is 12.1 Å². The highest BCUT2D eigenvalue weighted by Crippen LogP contribution is 2.06. The molecule has 0 fully saturated rings. The average molecular weight is 405 g/mol. The van der Waals surface area contributed by atoms with Gasteiger partial charge in [0.1, 0.15) is 0 Å². The second-order valence-corrected chi connectivity index (χ2v) is 4.27. The van der Waals surface area contributed by atoms with Crippen molar-refractivity contribution >= 4 is 35.9 Å². The molecule has 0 aliphatic carbocycles. The Labute approximate surface area is 143 Å². The van der Waals surface area contributed by atoms with Crippen LogP contribution in [0.1, 0.15) is 36.2 Å². The molecule has 5 nitrogen and oxygen atoms in total. The van der Waals surface area contributed by atoms with Gasteiger partial charge in [0.25, 0.3) is 0 Å². The number of nitrogens with one attached hydrogen (secondary N) is 2. The van der Waals surface area contributed by atoms with Crippen molar-refractivity contribution in [2.45, 2.75) is 26.8 Å². The highest BCUT2D eigenvalue weighted by atomic mass is 127. The fourth-order valence-corrected chi connectivity index (χ4v) is 1.62. The molecule has 0 unspecified atom stereocenters. The van der Waals surface area contributed by atoms with Gasteiger partial charge in [0.2, 0.25) is 0 Å². The van der Waals surface area contributed by atoms with E-state index in [1.54, 1.807) is 26.1 Å². The minimum atomic E-state index is -0.285. The summed E-state index contributed by atoms with van der Waals surface area (Å²) in [6.45, 7) is 5.84. The highest BCUT2D eigenvalue weighted by molar-refractivity contribution is 14.0. The lowest BCUT2D eigenvalue weighted by Gasteiger charge is -2.11. The summed E-state index contributed by atoms with van der Waals surface area (Å²) in [7, 11) is 1.74. The Morgan fingerprint density at radius 2 is 1.86 bits per heavy atom.